The van der Waals surface area contributed by atoms with E-state index in [1.807, 2.05) is 7.05 Å². The van der Waals surface area contributed by atoms with Crippen molar-refractivity contribution in [3.05, 3.63) is 59.7 Å². The lowest BCUT2D eigenvalue weighted by Crippen LogP contribution is -2.30. The van der Waals surface area contributed by atoms with Gasteiger partial charge in [0.25, 0.3) is 0 Å². The van der Waals surface area contributed by atoms with Gasteiger partial charge < -0.3 is 10.1 Å². The van der Waals surface area contributed by atoms with Crippen LogP contribution in [0.1, 0.15) is 24.0 Å². The van der Waals surface area contributed by atoms with Crippen molar-refractivity contribution in [3.63, 3.8) is 0 Å². The summed E-state index contributed by atoms with van der Waals surface area (Å²) < 4.78 is 5.58. The van der Waals surface area contributed by atoms with Gasteiger partial charge in [0.1, 0.15) is 12.4 Å². The third kappa shape index (κ3) is 2.56. The van der Waals surface area contributed by atoms with Gasteiger partial charge in [0.15, 0.2) is 0 Å². The highest BCUT2D eigenvalue weighted by Crippen LogP contribution is 2.33. The van der Waals surface area contributed by atoms with E-state index in [1.165, 1.54) is 16.7 Å². The van der Waals surface area contributed by atoms with Crippen molar-refractivity contribution < 1.29 is 4.74 Å². The maximum absolute atomic E-state index is 5.58. The summed E-state index contributed by atoms with van der Waals surface area (Å²) in [6, 6.07) is 6.88. The zero-order valence-electron chi connectivity index (χ0n) is 12.0. The molecule has 1 aliphatic heterocycles. The van der Waals surface area contributed by atoms with E-state index in [1.54, 1.807) is 0 Å². The Kier molecular flexibility index (Phi) is 3.75. The van der Waals surface area contributed by atoms with Gasteiger partial charge in [0, 0.05) is 11.6 Å². The molecule has 0 amide bonds. The maximum Gasteiger partial charge on any atom is 0.127 e. The van der Waals surface area contributed by atoms with Crippen LogP contribution in [0.4, 0.5) is 0 Å². The fraction of sp³-hybridized carbons (Fsp3) is 0.333. The second-order valence-electron chi connectivity index (χ2n) is 5.46. The molecule has 1 aliphatic carbocycles. The predicted octanol–water partition coefficient (Wildman–Crippen LogP) is 3.50. The summed E-state index contributed by atoms with van der Waals surface area (Å²) in [6.07, 6.45) is 9.97. The van der Waals surface area contributed by atoms with E-state index in [0.717, 1.165) is 30.6 Å². The van der Waals surface area contributed by atoms with Gasteiger partial charge in [-0.2, -0.15) is 0 Å². The Morgan fingerprint density at radius 3 is 3.00 bits per heavy atom. The number of hydrogen-bond acceptors (Lipinski definition) is 2. The van der Waals surface area contributed by atoms with E-state index in [4.69, 9.17) is 4.74 Å². The van der Waals surface area contributed by atoms with Crippen molar-refractivity contribution in [3.8, 4) is 5.75 Å². The third-order valence-electron chi connectivity index (χ3n) is 4.10. The van der Waals surface area contributed by atoms with Crippen LogP contribution in [0.2, 0.25) is 0 Å². The van der Waals surface area contributed by atoms with Gasteiger partial charge in [-0.1, -0.05) is 36.4 Å². The Morgan fingerprint density at radius 2 is 2.25 bits per heavy atom. The van der Waals surface area contributed by atoms with Gasteiger partial charge in [0.2, 0.25) is 0 Å². The van der Waals surface area contributed by atoms with Crippen LogP contribution in [-0.2, 0) is 6.42 Å². The molecule has 0 saturated heterocycles. The van der Waals surface area contributed by atoms with Gasteiger partial charge in [-0.25, -0.2) is 0 Å². The lowest BCUT2D eigenvalue weighted by Gasteiger charge is -2.21. The standard InChI is InChI=1S/C18H21NO/c1-13-12-20-18-9-8-14(10-16(13)18)11-17(19-2)15-6-4-3-5-7-15/h3-4,7-10,17,19H,1,5-6,11-12H2,2H3. The van der Waals surface area contributed by atoms with E-state index < -0.39 is 0 Å². The Labute approximate surface area is 120 Å². The zero-order valence-corrected chi connectivity index (χ0v) is 12.0. The molecule has 1 aromatic carbocycles. The van der Waals surface area contributed by atoms with E-state index >= 15 is 0 Å². The zero-order chi connectivity index (χ0) is 13.9. The average Bonchev–Trinajstić information content (AvgIpc) is 2.87. The maximum atomic E-state index is 5.58. The molecule has 1 heterocycles. The first-order valence-electron chi connectivity index (χ1n) is 7.23. The van der Waals surface area contributed by atoms with Crippen molar-refractivity contribution in [2.45, 2.75) is 25.3 Å². The highest BCUT2D eigenvalue weighted by molar-refractivity contribution is 5.73. The minimum absolute atomic E-state index is 0.411. The molecule has 1 N–H and O–H groups in total. The van der Waals surface area contributed by atoms with Crippen molar-refractivity contribution in [2.75, 3.05) is 13.7 Å². The predicted molar refractivity (Wildman–Crippen MR) is 84.0 cm³/mol. The summed E-state index contributed by atoms with van der Waals surface area (Å²) in [6.45, 7) is 4.69. The van der Waals surface area contributed by atoms with E-state index in [9.17, 15) is 0 Å². The SMILES string of the molecule is C=C1COc2ccc(CC(NC)C3=CCC=CC3)cc21. The van der Waals surface area contributed by atoms with Gasteiger partial charge >= 0.3 is 0 Å². The molecule has 0 radical (unpaired) electrons. The summed E-state index contributed by atoms with van der Waals surface area (Å²) in [5, 5.41) is 3.44. The molecule has 20 heavy (non-hydrogen) atoms. The summed E-state index contributed by atoms with van der Waals surface area (Å²) in [4.78, 5) is 0. The highest BCUT2D eigenvalue weighted by Gasteiger charge is 2.18. The monoisotopic (exact) mass is 267 g/mol. The molecule has 0 bridgehead atoms. The quantitative estimate of drug-likeness (QED) is 0.843. The molecule has 1 aromatic rings. The van der Waals surface area contributed by atoms with Gasteiger partial charge in [-0.3, -0.25) is 0 Å². The van der Waals surface area contributed by atoms with Crippen LogP contribution >= 0.6 is 0 Å². The molecule has 1 unspecified atom stereocenters. The Morgan fingerprint density at radius 1 is 1.35 bits per heavy atom. The second-order valence-corrected chi connectivity index (χ2v) is 5.46. The summed E-state index contributed by atoms with van der Waals surface area (Å²) in [5.41, 5.74) is 5.09. The second kappa shape index (κ2) is 5.68. The van der Waals surface area contributed by atoms with Crippen molar-refractivity contribution in [1.29, 1.82) is 0 Å². The van der Waals surface area contributed by atoms with E-state index in [2.05, 4.69) is 48.3 Å². The number of allylic oxidation sites excluding steroid dienone is 3. The molecule has 2 aliphatic rings. The molecule has 2 heteroatoms. The molecular formula is C18H21NO. The van der Waals surface area contributed by atoms with Crippen LogP contribution in [-0.4, -0.2) is 19.7 Å². The Hall–Kier alpha value is -1.80. The molecular weight excluding hydrogens is 246 g/mol. The first-order chi connectivity index (χ1) is 9.78. The first kappa shape index (κ1) is 13.2. The van der Waals surface area contributed by atoms with Crippen molar-refractivity contribution in [1.82, 2.24) is 5.32 Å². The van der Waals surface area contributed by atoms with E-state index in [0.29, 0.717) is 12.6 Å². The normalized spacial score (nSPS) is 18.4. The number of rotatable bonds is 4. The summed E-state index contributed by atoms with van der Waals surface area (Å²) in [5.74, 6) is 0.972. The fourth-order valence-electron chi connectivity index (χ4n) is 2.91. The van der Waals surface area contributed by atoms with Crippen molar-refractivity contribution in [2.24, 2.45) is 0 Å². The van der Waals surface area contributed by atoms with Crippen LogP contribution < -0.4 is 10.1 Å². The minimum Gasteiger partial charge on any atom is -0.488 e. The number of nitrogens with one attached hydrogen (secondary N) is 1. The largest absolute Gasteiger partial charge is 0.488 e. The smallest absolute Gasteiger partial charge is 0.127 e. The lowest BCUT2D eigenvalue weighted by atomic mass is 9.92. The molecule has 2 nitrogen and oxygen atoms in total. The molecule has 0 aromatic heterocycles. The number of fused-ring (bicyclic) bond motifs is 1. The minimum atomic E-state index is 0.411. The highest BCUT2D eigenvalue weighted by atomic mass is 16.5. The van der Waals surface area contributed by atoms with Crippen LogP contribution in [0.5, 0.6) is 5.75 Å². The number of likely N-dealkylation sites (N-methyl/N-ethyl adjacent to an activating group) is 1. The number of hydrogen-bond donors (Lipinski definition) is 1. The molecule has 1 atom stereocenters. The topological polar surface area (TPSA) is 21.3 Å². The lowest BCUT2D eigenvalue weighted by molar-refractivity contribution is 0.388. The molecule has 104 valence electrons. The van der Waals surface area contributed by atoms with Crippen LogP contribution in [0.15, 0.2) is 48.6 Å². The molecule has 0 spiro atoms. The van der Waals surface area contributed by atoms with Gasteiger partial charge in [0.05, 0.1) is 0 Å². The van der Waals surface area contributed by atoms with Crippen molar-refractivity contribution >= 4 is 5.57 Å². The summed E-state index contributed by atoms with van der Waals surface area (Å²) >= 11 is 0. The van der Waals surface area contributed by atoms with Crippen LogP contribution in [0, 0.1) is 0 Å². The fourth-order valence-corrected chi connectivity index (χ4v) is 2.91. The third-order valence-corrected chi connectivity index (χ3v) is 4.10. The summed E-state index contributed by atoms with van der Waals surface area (Å²) in [7, 11) is 2.04. The number of benzene rings is 1. The first-order valence-corrected chi connectivity index (χ1v) is 7.23. The van der Waals surface area contributed by atoms with Gasteiger partial charge in [-0.05, 0) is 49.6 Å². The molecule has 3 rings (SSSR count). The average molecular weight is 267 g/mol. The van der Waals surface area contributed by atoms with Gasteiger partial charge in [-0.15, -0.1) is 0 Å². The van der Waals surface area contributed by atoms with E-state index in [-0.39, 0.29) is 0 Å². The molecule has 0 fully saturated rings. The molecule has 0 saturated carbocycles. The van der Waals surface area contributed by atoms with Crippen LogP contribution in [0.25, 0.3) is 5.57 Å². The number of ether oxygens (including phenoxy) is 1. The van der Waals surface area contributed by atoms with Crippen LogP contribution in [0.3, 0.4) is 0 Å². The Bertz CT molecular complexity index is 583. The Balaban J connectivity index is 1.78.